The molecule has 3 rings (SSSR count). The molecule has 1 aliphatic heterocycles. The molecule has 1 atom stereocenters. The van der Waals surface area contributed by atoms with Crippen LogP contribution in [0.1, 0.15) is 44.2 Å². The van der Waals surface area contributed by atoms with E-state index in [0.717, 1.165) is 13.1 Å². The summed E-state index contributed by atoms with van der Waals surface area (Å²) < 4.78 is 26.5. The molecule has 1 saturated carbocycles. The molecule has 3 nitrogen and oxygen atoms in total. The number of halogens is 2. The van der Waals surface area contributed by atoms with Gasteiger partial charge in [0.2, 0.25) is 11.8 Å². The van der Waals surface area contributed by atoms with E-state index in [1.807, 2.05) is 4.90 Å². The second-order valence-electron chi connectivity index (χ2n) is 6.72. The van der Waals surface area contributed by atoms with Crippen molar-refractivity contribution in [3.8, 4) is 0 Å². The first-order valence-electron chi connectivity index (χ1n) is 8.39. The van der Waals surface area contributed by atoms with Crippen LogP contribution in [-0.2, 0) is 4.79 Å². The normalized spacial score (nSPS) is 24.6. The molecule has 0 aromatic carbocycles. The Morgan fingerprint density at radius 1 is 1.26 bits per heavy atom. The van der Waals surface area contributed by atoms with Gasteiger partial charge in [-0.2, -0.15) is 11.3 Å². The smallest absolute Gasteiger partial charge is 0.248 e. The van der Waals surface area contributed by atoms with E-state index >= 15 is 0 Å². The van der Waals surface area contributed by atoms with Gasteiger partial charge in [0.15, 0.2) is 0 Å². The van der Waals surface area contributed by atoms with Crippen LogP contribution in [0.3, 0.4) is 0 Å². The minimum atomic E-state index is -2.56. The van der Waals surface area contributed by atoms with Crippen LogP contribution in [0.2, 0.25) is 0 Å². The summed E-state index contributed by atoms with van der Waals surface area (Å²) in [6.07, 6.45) is 0.381. The third-order valence-electron chi connectivity index (χ3n) is 5.27. The summed E-state index contributed by atoms with van der Waals surface area (Å²) in [4.78, 5) is 16.8. The molecule has 128 valence electrons. The molecule has 0 N–H and O–H groups in total. The zero-order valence-electron chi connectivity index (χ0n) is 13.5. The van der Waals surface area contributed by atoms with Crippen molar-refractivity contribution < 1.29 is 13.6 Å². The van der Waals surface area contributed by atoms with Crippen LogP contribution in [0, 0.1) is 5.92 Å². The van der Waals surface area contributed by atoms with Crippen LogP contribution in [0.5, 0.6) is 0 Å². The van der Waals surface area contributed by atoms with E-state index in [1.54, 1.807) is 11.3 Å². The van der Waals surface area contributed by atoms with E-state index in [4.69, 9.17) is 0 Å². The van der Waals surface area contributed by atoms with Crippen molar-refractivity contribution in [1.29, 1.82) is 0 Å². The third-order valence-corrected chi connectivity index (χ3v) is 5.97. The zero-order chi connectivity index (χ0) is 16.4. The summed E-state index contributed by atoms with van der Waals surface area (Å²) >= 11 is 1.70. The Balaban J connectivity index is 1.50. The summed E-state index contributed by atoms with van der Waals surface area (Å²) in [5.74, 6) is -2.68. The highest BCUT2D eigenvalue weighted by Crippen LogP contribution is 2.37. The number of nitrogens with zero attached hydrogens (tertiary/aromatic N) is 2. The molecule has 0 radical (unpaired) electrons. The average Bonchev–Trinajstić information content (AvgIpc) is 3.08. The maximum absolute atomic E-state index is 13.2. The number of rotatable bonds is 3. The molecular formula is C17H24F2N2OS. The highest BCUT2D eigenvalue weighted by Gasteiger charge is 2.39. The Hall–Kier alpha value is -1.01. The van der Waals surface area contributed by atoms with E-state index in [0.29, 0.717) is 32.0 Å². The van der Waals surface area contributed by atoms with Crippen molar-refractivity contribution in [2.45, 2.75) is 44.6 Å². The lowest BCUT2D eigenvalue weighted by Crippen LogP contribution is -2.51. The standard InChI is InChI=1S/C17H24F2N2OS/c1-13(15-4-11-23-12-15)20-7-9-21(10-8-20)16(22)14-2-5-17(18,19)6-3-14/h4,11-14H,2-3,5-10H2,1H3/t13-/m1/s1. The fraction of sp³-hybridized carbons (Fsp3) is 0.706. The first kappa shape index (κ1) is 16.8. The molecule has 1 aliphatic carbocycles. The average molecular weight is 342 g/mol. The Morgan fingerprint density at radius 2 is 1.91 bits per heavy atom. The Kier molecular flexibility index (Phi) is 5.01. The van der Waals surface area contributed by atoms with E-state index < -0.39 is 5.92 Å². The van der Waals surface area contributed by atoms with Crippen LogP contribution in [0.25, 0.3) is 0 Å². The first-order chi connectivity index (χ1) is 11.0. The van der Waals surface area contributed by atoms with Gasteiger partial charge in [-0.15, -0.1) is 0 Å². The number of piperazine rings is 1. The number of hydrogen-bond acceptors (Lipinski definition) is 3. The number of hydrogen-bond donors (Lipinski definition) is 0. The van der Waals surface area contributed by atoms with Gasteiger partial charge in [0.1, 0.15) is 0 Å². The van der Waals surface area contributed by atoms with Crippen molar-refractivity contribution in [2.24, 2.45) is 5.92 Å². The summed E-state index contributed by atoms with van der Waals surface area (Å²) in [6, 6.07) is 2.52. The molecule has 0 unspecified atom stereocenters. The van der Waals surface area contributed by atoms with Crippen molar-refractivity contribution in [1.82, 2.24) is 9.80 Å². The lowest BCUT2D eigenvalue weighted by Gasteiger charge is -2.40. The molecule has 1 aromatic rings. The molecule has 0 bridgehead atoms. The van der Waals surface area contributed by atoms with Gasteiger partial charge >= 0.3 is 0 Å². The van der Waals surface area contributed by atoms with E-state index in [1.165, 1.54) is 5.56 Å². The van der Waals surface area contributed by atoms with Crippen molar-refractivity contribution in [3.63, 3.8) is 0 Å². The summed E-state index contributed by atoms with van der Waals surface area (Å²) in [5, 5.41) is 4.26. The summed E-state index contributed by atoms with van der Waals surface area (Å²) in [7, 11) is 0. The van der Waals surface area contributed by atoms with E-state index in [9.17, 15) is 13.6 Å². The monoisotopic (exact) mass is 342 g/mol. The number of alkyl halides is 2. The van der Waals surface area contributed by atoms with Gasteiger partial charge in [0, 0.05) is 51.0 Å². The van der Waals surface area contributed by atoms with Gasteiger partial charge in [-0.25, -0.2) is 8.78 Å². The van der Waals surface area contributed by atoms with Crippen molar-refractivity contribution in [3.05, 3.63) is 22.4 Å². The topological polar surface area (TPSA) is 23.6 Å². The van der Waals surface area contributed by atoms with Crippen LogP contribution < -0.4 is 0 Å². The lowest BCUT2D eigenvalue weighted by atomic mass is 9.85. The number of carbonyl (C=O) groups excluding carboxylic acids is 1. The van der Waals surface area contributed by atoms with E-state index in [2.05, 4.69) is 28.7 Å². The SMILES string of the molecule is C[C@H](c1ccsc1)N1CCN(C(=O)C2CCC(F)(F)CC2)CC1. The Morgan fingerprint density at radius 3 is 2.48 bits per heavy atom. The molecule has 1 aromatic heterocycles. The van der Waals surface area contributed by atoms with Crippen LogP contribution in [-0.4, -0.2) is 47.8 Å². The number of carbonyl (C=O) groups is 1. The highest BCUT2D eigenvalue weighted by atomic mass is 32.1. The summed E-state index contributed by atoms with van der Waals surface area (Å²) in [6.45, 7) is 5.32. The Bertz CT molecular complexity index is 517. The minimum Gasteiger partial charge on any atom is -0.340 e. The molecule has 2 heterocycles. The van der Waals surface area contributed by atoms with Crippen molar-refractivity contribution in [2.75, 3.05) is 26.2 Å². The molecule has 1 saturated heterocycles. The minimum absolute atomic E-state index is 0.0864. The predicted octanol–water partition coefficient (Wildman–Crippen LogP) is 3.78. The van der Waals surface area contributed by atoms with E-state index in [-0.39, 0.29) is 24.7 Å². The fourth-order valence-electron chi connectivity index (χ4n) is 3.60. The first-order valence-corrected chi connectivity index (χ1v) is 9.33. The van der Waals surface area contributed by atoms with Crippen LogP contribution in [0.4, 0.5) is 8.78 Å². The molecule has 2 aliphatic rings. The maximum Gasteiger partial charge on any atom is 0.248 e. The van der Waals surface area contributed by atoms with Gasteiger partial charge in [-0.3, -0.25) is 9.69 Å². The molecular weight excluding hydrogens is 318 g/mol. The molecule has 2 fully saturated rings. The lowest BCUT2D eigenvalue weighted by molar-refractivity contribution is -0.141. The van der Waals surface area contributed by atoms with Gasteiger partial charge in [-0.1, -0.05) is 0 Å². The highest BCUT2D eigenvalue weighted by molar-refractivity contribution is 7.07. The van der Waals surface area contributed by atoms with Gasteiger partial charge < -0.3 is 4.90 Å². The zero-order valence-corrected chi connectivity index (χ0v) is 14.3. The molecule has 0 spiro atoms. The largest absolute Gasteiger partial charge is 0.340 e. The van der Waals surface area contributed by atoms with Gasteiger partial charge in [0.25, 0.3) is 0 Å². The van der Waals surface area contributed by atoms with Gasteiger partial charge in [-0.05, 0) is 42.2 Å². The van der Waals surface area contributed by atoms with Crippen molar-refractivity contribution >= 4 is 17.2 Å². The second-order valence-corrected chi connectivity index (χ2v) is 7.50. The molecule has 23 heavy (non-hydrogen) atoms. The third kappa shape index (κ3) is 3.91. The molecule has 6 heteroatoms. The predicted molar refractivity (Wildman–Crippen MR) is 87.8 cm³/mol. The summed E-state index contributed by atoms with van der Waals surface area (Å²) in [5.41, 5.74) is 1.32. The van der Waals surface area contributed by atoms with Gasteiger partial charge in [0.05, 0.1) is 0 Å². The number of thiophene rings is 1. The van der Waals surface area contributed by atoms with Crippen LogP contribution in [0.15, 0.2) is 16.8 Å². The maximum atomic E-state index is 13.2. The fourth-order valence-corrected chi connectivity index (χ4v) is 4.35. The molecule has 1 amide bonds. The Labute approximate surface area is 140 Å². The number of amides is 1. The second kappa shape index (κ2) is 6.85. The van der Waals surface area contributed by atoms with Crippen LogP contribution >= 0.6 is 11.3 Å². The quantitative estimate of drug-likeness (QED) is 0.835.